The summed E-state index contributed by atoms with van der Waals surface area (Å²) < 4.78 is 1.15. The number of hydrogen-bond donors (Lipinski definition) is 1. The number of nitrogens with zero attached hydrogens (tertiary/aromatic N) is 1. The maximum absolute atomic E-state index is 5.73. The highest BCUT2D eigenvalue weighted by Crippen LogP contribution is 2.24. The van der Waals surface area contributed by atoms with E-state index in [1.165, 1.54) is 31.2 Å². The summed E-state index contributed by atoms with van der Waals surface area (Å²) in [6.07, 6.45) is 5.45. The molecule has 1 aliphatic rings. The SMILES string of the molecule is NCCN(Cc1ccc(Br)cc1)C1CCCC1. The van der Waals surface area contributed by atoms with Crippen molar-refractivity contribution in [2.75, 3.05) is 13.1 Å². The summed E-state index contributed by atoms with van der Waals surface area (Å²) in [7, 11) is 0. The molecule has 0 amide bonds. The van der Waals surface area contributed by atoms with Crippen LogP contribution >= 0.6 is 15.9 Å². The van der Waals surface area contributed by atoms with Crippen LogP contribution in [0.25, 0.3) is 0 Å². The molecule has 0 bridgehead atoms. The average molecular weight is 297 g/mol. The van der Waals surface area contributed by atoms with Crippen molar-refractivity contribution in [3.8, 4) is 0 Å². The molecule has 0 aromatic heterocycles. The van der Waals surface area contributed by atoms with Crippen molar-refractivity contribution in [2.24, 2.45) is 5.73 Å². The molecule has 1 fully saturated rings. The topological polar surface area (TPSA) is 29.3 Å². The number of nitrogens with two attached hydrogens (primary N) is 1. The summed E-state index contributed by atoms with van der Waals surface area (Å²) in [6.45, 7) is 2.81. The van der Waals surface area contributed by atoms with Gasteiger partial charge in [-0.05, 0) is 30.5 Å². The van der Waals surface area contributed by atoms with Gasteiger partial charge in [0.2, 0.25) is 0 Å². The van der Waals surface area contributed by atoms with Crippen molar-refractivity contribution < 1.29 is 0 Å². The highest BCUT2D eigenvalue weighted by molar-refractivity contribution is 9.10. The van der Waals surface area contributed by atoms with Gasteiger partial charge in [-0.25, -0.2) is 0 Å². The van der Waals surface area contributed by atoms with Crippen LogP contribution in [0, 0.1) is 0 Å². The third-order valence-corrected chi connectivity index (χ3v) is 4.08. The van der Waals surface area contributed by atoms with Crippen LogP contribution in [0.1, 0.15) is 31.2 Å². The van der Waals surface area contributed by atoms with Gasteiger partial charge in [-0.3, -0.25) is 4.90 Å². The first kappa shape index (κ1) is 13.1. The van der Waals surface area contributed by atoms with E-state index in [-0.39, 0.29) is 0 Å². The second-order valence-corrected chi connectivity index (χ2v) is 5.74. The second-order valence-electron chi connectivity index (χ2n) is 4.82. The molecule has 94 valence electrons. The lowest BCUT2D eigenvalue weighted by atomic mass is 10.1. The number of halogens is 1. The van der Waals surface area contributed by atoms with Crippen LogP contribution in [0.2, 0.25) is 0 Å². The van der Waals surface area contributed by atoms with Gasteiger partial charge in [0, 0.05) is 30.1 Å². The number of benzene rings is 1. The normalized spacial score (nSPS) is 16.9. The van der Waals surface area contributed by atoms with Gasteiger partial charge in [-0.2, -0.15) is 0 Å². The van der Waals surface area contributed by atoms with Crippen molar-refractivity contribution in [2.45, 2.75) is 38.3 Å². The van der Waals surface area contributed by atoms with Crippen LogP contribution in [0.5, 0.6) is 0 Å². The first-order valence-electron chi connectivity index (χ1n) is 6.48. The quantitative estimate of drug-likeness (QED) is 0.904. The molecule has 0 aliphatic heterocycles. The zero-order valence-electron chi connectivity index (χ0n) is 10.2. The minimum Gasteiger partial charge on any atom is -0.329 e. The minimum atomic E-state index is 0.752. The van der Waals surface area contributed by atoms with E-state index in [0.717, 1.165) is 30.1 Å². The van der Waals surface area contributed by atoms with Gasteiger partial charge in [-0.15, -0.1) is 0 Å². The van der Waals surface area contributed by atoms with Crippen molar-refractivity contribution in [1.82, 2.24) is 4.90 Å². The lowest BCUT2D eigenvalue weighted by Crippen LogP contribution is -2.36. The smallest absolute Gasteiger partial charge is 0.0237 e. The molecule has 17 heavy (non-hydrogen) atoms. The molecule has 0 unspecified atom stereocenters. The van der Waals surface area contributed by atoms with Crippen LogP contribution in [0.4, 0.5) is 0 Å². The Balaban J connectivity index is 1.98. The zero-order chi connectivity index (χ0) is 12.1. The van der Waals surface area contributed by atoms with E-state index < -0.39 is 0 Å². The van der Waals surface area contributed by atoms with Gasteiger partial charge in [0.25, 0.3) is 0 Å². The Bertz CT molecular complexity index is 331. The summed E-state index contributed by atoms with van der Waals surface area (Å²) in [6, 6.07) is 9.38. The molecule has 1 aliphatic carbocycles. The highest BCUT2D eigenvalue weighted by atomic mass is 79.9. The lowest BCUT2D eigenvalue weighted by molar-refractivity contribution is 0.195. The maximum Gasteiger partial charge on any atom is 0.0237 e. The molecule has 0 radical (unpaired) electrons. The van der Waals surface area contributed by atoms with E-state index in [2.05, 4.69) is 45.1 Å². The predicted molar refractivity (Wildman–Crippen MR) is 75.9 cm³/mol. The molecule has 0 atom stereocenters. The van der Waals surface area contributed by atoms with E-state index >= 15 is 0 Å². The molecule has 0 heterocycles. The van der Waals surface area contributed by atoms with Gasteiger partial charge < -0.3 is 5.73 Å². The predicted octanol–water partition coefficient (Wildman–Crippen LogP) is 3.15. The van der Waals surface area contributed by atoms with Crippen molar-refractivity contribution >= 4 is 15.9 Å². The van der Waals surface area contributed by atoms with Crippen LogP contribution in [-0.2, 0) is 6.54 Å². The van der Waals surface area contributed by atoms with Crippen LogP contribution < -0.4 is 5.73 Å². The van der Waals surface area contributed by atoms with E-state index in [9.17, 15) is 0 Å². The molecule has 2 N–H and O–H groups in total. The van der Waals surface area contributed by atoms with Crippen LogP contribution in [0.15, 0.2) is 28.7 Å². The maximum atomic E-state index is 5.73. The Kier molecular flexibility index (Phi) is 5.01. The summed E-state index contributed by atoms with van der Waals surface area (Å²) in [5.74, 6) is 0. The molecule has 1 aromatic rings. The Hall–Kier alpha value is -0.380. The average Bonchev–Trinajstić information content (AvgIpc) is 2.85. The van der Waals surface area contributed by atoms with Gasteiger partial charge in [0.15, 0.2) is 0 Å². The van der Waals surface area contributed by atoms with Gasteiger partial charge in [-0.1, -0.05) is 40.9 Å². The Morgan fingerprint density at radius 1 is 1.18 bits per heavy atom. The summed E-state index contributed by atoms with van der Waals surface area (Å²) >= 11 is 3.48. The van der Waals surface area contributed by atoms with E-state index in [1.807, 2.05) is 0 Å². The van der Waals surface area contributed by atoms with Crippen LogP contribution in [0.3, 0.4) is 0 Å². The Morgan fingerprint density at radius 3 is 2.41 bits per heavy atom. The fourth-order valence-electron chi connectivity index (χ4n) is 2.65. The third kappa shape index (κ3) is 3.80. The first-order valence-corrected chi connectivity index (χ1v) is 7.27. The molecule has 2 nitrogen and oxygen atoms in total. The summed E-state index contributed by atoms with van der Waals surface area (Å²) in [4.78, 5) is 2.55. The van der Waals surface area contributed by atoms with Gasteiger partial charge in [0.05, 0.1) is 0 Å². The first-order chi connectivity index (χ1) is 8.29. The molecule has 1 saturated carbocycles. The molecule has 0 spiro atoms. The number of hydrogen-bond acceptors (Lipinski definition) is 2. The molecular weight excluding hydrogens is 276 g/mol. The minimum absolute atomic E-state index is 0.752. The van der Waals surface area contributed by atoms with E-state index in [0.29, 0.717) is 0 Å². The molecule has 3 heteroatoms. The van der Waals surface area contributed by atoms with Gasteiger partial charge >= 0.3 is 0 Å². The fraction of sp³-hybridized carbons (Fsp3) is 0.571. The standard InChI is InChI=1S/C14H21BrN2/c15-13-7-5-12(6-8-13)11-17(10-9-16)14-3-1-2-4-14/h5-8,14H,1-4,9-11,16H2. The van der Waals surface area contributed by atoms with Crippen molar-refractivity contribution in [3.05, 3.63) is 34.3 Å². The monoisotopic (exact) mass is 296 g/mol. The fourth-order valence-corrected chi connectivity index (χ4v) is 2.91. The summed E-state index contributed by atoms with van der Waals surface area (Å²) in [5, 5.41) is 0. The Labute approximate surface area is 112 Å². The lowest BCUT2D eigenvalue weighted by Gasteiger charge is -2.28. The largest absolute Gasteiger partial charge is 0.329 e. The van der Waals surface area contributed by atoms with Crippen LogP contribution in [-0.4, -0.2) is 24.0 Å². The third-order valence-electron chi connectivity index (χ3n) is 3.56. The molecule has 2 rings (SSSR count). The van der Waals surface area contributed by atoms with Crippen molar-refractivity contribution in [3.63, 3.8) is 0 Å². The molecular formula is C14H21BrN2. The van der Waals surface area contributed by atoms with E-state index in [4.69, 9.17) is 5.73 Å². The number of rotatable bonds is 5. The molecule has 0 saturated heterocycles. The van der Waals surface area contributed by atoms with Gasteiger partial charge in [0.1, 0.15) is 0 Å². The molecule has 1 aromatic carbocycles. The highest BCUT2D eigenvalue weighted by Gasteiger charge is 2.21. The second kappa shape index (κ2) is 6.53. The zero-order valence-corrected chi connectivity index (χ0v) is 11.8. The summed E-state index contributed by atoms with van der Waals surface area (Å²) in [5.41, 5.74) is 7.11. The van der Waals surface area contributed by atoms with Crippen molar-refractivity contribution in [1.29, 1.82) is 0 Å². The Morgan fingerprint density at radius 2 is 1.82 bits per heavy atom. The van der Waals surface area contributed by atoms with E-state index in [1.54, 1.807) is 0 Å².